The summed E-state index contributed by atoms with van der Waals surface area (Å²) in [5, 5.41) is 5.33. The Kier molecular flexibility index (Phi) is 8.09. The van der Waals surface area contributed by atoms with Crippen molar-refractivity contribution in [3.05, 3.63) is 23.8 Å². The first kappa shape index (κ1) is 19.8. The van der Waals surface area contributed by atoms with E-state index in [0.29, 0.717) is 36.1 Å². The van der Waals surface area contributed by atoms with Crippen LogP contribution in [0.15, 0.2) is 18.2 Å². The summed E-state index contributed by atoms with van der Waals surface area (Å²) in [5.74, 6) is 1.10. The first-order chi connectivity index (χ1) is 11.4. The fourth-order valence-corrected chi connectivity index (χ4v) is 2.01. The molecule has 2 amide bonds. The van der Waals surface area contributed by atoms with Crippen molar-refractivity contribution in [2.45, 2.75) is 40.2 Å². The molecule has 1 atom stereocenters. The number of amides is 2. The van der Waals surface area contributed by atoms with E-state index in [1.807, 2.05) is 6.92 Å². The molecule has 24 heavy (non-hydrogen) atoms. The van der Waals surface area contributed by atoms with Crippen LogP contribution >= 0.6 is 0 Å². The minimum absolute atomic E-state index is 0.216. The standard InChI is InChI=1S/C18H28N2O4/c1-6-19-17(21)13(4)20-18(22)14-7-8-15(16(11-14)23-5)24-10-9-12(2)3/h7-8,11-13H,6,9-10H2,1-5H3,(H,19,21)(H,20,22)/t13-/m1/s1. The molecule has 6 heteroatoms. The molecule has 0 fully saturated rings. The van der Waals surface area contributed by atoms with E-state index in [1.165, 1.54) is 7.11 Å². The molecule has 0 saturated heterocycles. The van der Waals surface area contributed by atoms with Crippen molar-refractivity contribution in [2.75, 3.05) is 20.3 Å². The number of benzene rings is 1. The number of rotatable bonds is 9. The molecule has 2 N–H and O–H groups in total. The molecule has 0 aliphatic heterocycles. The Balaban J connectivity index is 2.75. The maximum Gasteiger partial charge on any atom is 0.252 e. The van der Waals surface area contributed by atoms with E-state index >= 15 is 0 Å². The quantitative estimate of drug-likeness (QED) is 0.726. The monoisotopic (exact) mass is 336 g/mol. The van der Waals surface area contributed by atoms with Crippen molar-refractivity contribution in [1.29, 1.82) is 0 Å². The van der Waals surface area contributed by atoms with E-state index in [4.69, 9.17) is 9.47 Å². The van der Waals surface area contributed by atoms with Crippen molar-refractivity contribution >= 4 is 11.8 Å². The minimum Gasteiger partial charge on any atom is -0.493 e. The second-order valence-electron chi connectivity index (χ2n) is 5.99. The molecule has 0 saturated carbocycles. The molecule has 0 aromatic heterocycles. The fourth-order valence-electron chi connectivity index (χ4n) is 2.01. The lowest BCUT2D eigenvalue weighted by Gasteiger charge is -2.15. The molecule has 0 radical (unpaired) electrons. The number of likely N-dealkylation sites (N-methyl/N-ethyl adjacent to an activating group) is 1. The topological polar surface area (TPSA) is 76.7 Å². The first-order valence-electron chi connectivity index (χ1n) is 8.28. The van der Waals surface area contributed by atoms with Crippen molar-refractivity contribution in [3.63, 3.8) is 0 Å². The summed E-state index contributed by atoms with van der Waals surface area (Å²) in [6.45, 7) is 8.84. The number of nitrogens with one attached hydrogen (secondary N) is 2. The van der Waals surface area contributed by atoms with Gasteiger partial charge >= 0.3 is 0 Å². The highest BCUT2D eigenvalue weighted by atomic mass is 16.5. The Hall–Kier alpha value is -2.24. The third-order valence-corrected chi connectivity index (χ3v) is 3.47. The zero-order chi connectivity index (χ0) is 18.1. The third kappa shape index (κ3) is 6.10. The zero-order valence-corrected chi connectivity index (χ0v) is 15.1. The smallest absolute Gasteiger partial charge is 0.252 e. The molecule has 0 unspecified atom stereocenters. The van der Waals surface area contributed by atoms with Crippen LogP contribution in [0.2, 0.25) is 0 Å². The second kappa shape index (κ2) is 9.80. The highest BCUT2D eigenvalue weighted by Gasteiger charge is 2.17. The molecule has 0 heterocycles. The minimum atomic E-state index is -0.606. The highest BCUT2D eigenvalue weighted by molar-refractivity contribution is 5.97. The van der Waals surface area contributed by atoms with E-state index in [9.17, 15) is 9.59 Å². The van der Waals surface area contributed by atoms with Crippen molar-refractivity contribution in [3.8, 4) is 11.5 Å². The van der Waals surface area contributed by atoms with Crippen LogP contribution in [-0.2, 0) is 4.79 Å². The predicted octanol–water partition coefficient (Wildman–Crippen LogP) is 2.37. The second-order valence-corrected chi connectivity index (χ2v) is 5.99. The summed E-state index contributed by atoms with van der Waals surface area (Å²) in [6, 6.07) is 4.38. The largest absolute Gasteiger partial charge is 0.493 e. The molecule has 1 aromatic carbocycles. The van der Waals surface area contributed by atoms with E-state index in [1.54, 1.807) is 25.1 Å². The van der Waals surface area contributed by atoms with Crippen LogP contribution in [0.25, 0.3) is 0 Å². The number of carbonyl (C=O) groups excluding carboxylic acids is 2. The van der Waals surface area contributed by atoms with E-state index in [-0.39, 0.29) is 11.8 Å². The Morgan fingerprint density at radius 3 is 2.46 bits per heavy atom. The number of ether oxygens (including phenoxy) is 2. The number of hydrogen-bond acceptors (Lipinski definition) is 4. The Morgan fingerprint density at radius 2 is 1.88 bits per heavy atom. The van der Waals surface area contributed by atoms with Gasteiger partial charge in [-0.1, -0.05) is 13.8 Å². The zero-order valence-electron chi connectivity index (χ0n) is 15.1. The summed E-state index contributed by atoms with van der Waals surface area (Å²) in [7, 11) is 1.53. The Bertz CT molecular complexity index is 558. The van der Waals surface area contributed by atoms with Gasteiger partial charge in [-0.2, -0.15) is 0 Å². The number of hydrogen-bond donors (Lipinski definition) is 2. The molecule has 134 valence electrons. The van der Waals surface area contributed by atoms with Crippen LogP contribution in [0.4, 0.5) is 0 Å². The van der Waals surface area contributed by atoms with E-state index in [2.05, 4.69) is 24.5 Å². The van der Waals surface area contributed by atoms with Crippen LogP contribution in [0.5, 0.6) is 11.5 Å². The summed E-state index contributed by atoms with van der Waals surface area (Å²) in [6.07, 6.45) is 0.940. The predicted molar refractivity (Wildman–Crippen MR) is 93.6 cm³/mol. The molecule has 0 bridgehead atoms. The van der Waals surface area contributed by atoms with Gasteiger partial charge in [0, 0.05) is 12.1 Å². The average Bonchev–Trinajstić information content (AvgIpc) is 2.54. The normalized spacial score (nSPS) is 11.8. The molecule has 1 rings (SSSR count). The van der Waals surface area contributed by atoms with Gasteiger partial charge in [0.25, 0.3) is 5.91 Å². The fraction of sp³-hybridized carbons (Fsp3) is 0.556. The highest BCUT2D eigenvalue weighted by Crippen LogP contribution is 2.28. The lowest BCUT2D eigenvalue weighted by atomic mass is 10.1. The van der Waals surface area contributed by atoms with E-state index < -0.39 is 6.04 Å². The van der Waals surface area contributed by atoms with Gasteiger partial charge in [0.05, 0.1) is 13.7 Å². The van der Waals surface area contributed by atoms with Crippen LogP contribution in [0, 0.1) is 5.92 Å². The van der Waals surface area contributed by atoms with Gasteiger partial charge in [0.15, 0.2) is 11.5 Å². The maximum atomic E-state index is 12.3. The molecule has 1 aromatic rings. The molecular weight excluding hydrogens is 308 g/mol. The molecular formula is C18H28N2O4. The van der Waals surface area contributed by atoms with Gasteiger partial charge in [-0.05, 0) is 44.4 Å². The van der Waals surface area contributed by atoms with Crippen LogP contribution in [0.3, 0.4) is 0 Å². The molecule has 0 aliphatic carbocycles. The molecule has 0 aliphatic rings. The van der Waals surface area contributed by atoms with Crippen LogP contribution < -0.4 is 20.1 Å². The summed E-state index contributed by atoms with van der Waals surface area (Å²) >= 11 is 0. The number of methoxy groups -OCH3 is 1. The summed E-state index contributed by atoms with van der Waals surface area (Å²) in [5.41, 5.74) is 0.416. The van der Waals surface area contributed by atoms with Gasteiger partial charge in [0.2, 0.25) is 5.91 Å². The van der Waals surface area contributed by atoms with Gasteiger partial charge in [-0.25, -0.2) is 0 Å². The summed E-state index contributed by atoms with van der Waals surface area (Å²) in [4.78, 5) is 23.9. The SMILES string of the molecule is CCNC(=O)[C@@H](C)NC(=O)c1ccc(OCCC(C)C)c(OC)c1. The Morgan fingerprint density at radius 1 is 1.17 bits per heavy atom. The van der Waals surface area contributed by atoms with Gasteiger partial charge < -0.3 is 20.1 Å². The maximum absolute atomic E-state index is 12.3. The van der Waals surface area contributed by atoms with E-state index in [0.717, 1.165) is 6.42 Å². The molecule has 0 spiro atoms. The van der Waals surface area contributed by atoms with Crippen LogP contribution in [0.1, 0.15) is 44.5 Å². The van der Waals surface area contributed by atoms with Crippen molar-refractivity contribution < 1.29 is 19.1 Å². The van der Waals surface area contributed by atoms with Gasteiger partial charge in [0.1, 0.15) is 6.04 Å². The summed E-state index contributed by atoms with van der Waals surface area (Å²) < 4.78 is 11.0. The van der Waals surface area contributed by atoms with Gasteiger partial charge in [-0.15, -0.1) is 0 Å². The Labute approximate surface area is 143 Å². The third-order valence-electron chi connectivity index (χ3n) is 3.47. The van der Waals surface area contributed by atoms with Crippen molar-refractivity contribution in [2.24, 2.45) is 5.92 Å². The van der Waals surface area contributed by atoms with Gasteiger partial charge in [-0.3, -0.25) is 9.59 Å². The van der Waals surface area contributed by atoms with Crippen LogP contribution in [-0.4, -0.2) is 38.1 Å². The molecule has 6 nitrogen and oxygen atoms in total. The number of carbonyl (C=O) groups is 2. The lowest BCUT2D eigenvalue weighted by molar-refractivity contribution is -0.122. The first-order valence-corrected chi connectivity index (χ1v) is 8.28. The average molecular weight is 336 g/mol. The van der Waals surface area contributed by atoms with Crippen molar-refractivity contribution in [1.82, 2.24) is 10.6 Å². The lowest BCUT2D eigenvalue weighted by Crippen LogP contribution is -2.44.